The van der Waals surface area contributed by atoms with E-state index in [0.29, 0.717) is 29.5 Å². The van der Waals surface area contributed by atoms with Crippen LogP contribution in [0.5, 0.6) is 0 Å². The molecule has 8 atom stereocenters. The van der Waals surface area contributed by atoms with Crippen LogP contribution in [0.1, 0.15) is 57.8 Å². The summed E-state index contributed by atoms with van der Waals surface area (Å²) in [5, 5.41) is -0.712. The lowest BCUT2D eigenvalue weighted by Crippen LogP contribution is -2.35. The van der Waals surface area contributed by atoms with Crippen molar-refractivity contribution in [3.05, 3.63) is 108 Å². The zero-order valence-corrected chi connectivity index (χ0v) is 25.7. The zero-order chi connectivity index (χ0) is 31.6. The lowest BCUT2D eigenvalue weighted by atomic mass is 10.1. The predicted octanol–water partition coefficient (Wildman–Crippen LogP) is 6.62. The monoisotopic (exact) mass is 674 g/mol. The molecule has 2 aliphatic rings. The third-order valence-electron chi connectivity index (χ3n) is 7.03. The fourth-order valence-electron chi connectivity index (χ4n) is 4.67. The third kappa shape index (κ3) is 8.28. The van der Waals surface area contributed by atoms with E-state index in [1.54, 1.807) is 97.9 Å². The van der Waals surface area contributed by atoms with Gasteiger partial charge in [-0.05, 0) is 49.2 Å². The topological polar surface area (TPSA) is 97.4 Å². The van der Waals surface area contributed by atoms with Crippen LogP contribution in [0.2, 0.25) is 0 Å². The van der Waals surface area contributed by atoms with Crippen molar-refractivity contribution < 1.29 is 46.8 Å². The van der Waals surface area contributed by atoms with Crippen LogP contribution >= 0.6 is 15.9 Å². The molecule has 0 aromatic heterocycles. The molecule has 2 heterocycles. The van der Waals surface area contributed by atoms with Crippen molar-refractivity contribution in [3.63, 3.8) is 0 Å². The Bertz CT molecular complexity index is 1360. The number of benzene rings is 3. The number of hydrogen-bond acceptors (Lipinski definition) is 8. The average molecular weight is 676 g/mol. The first-order chi connectivity index (χ1) is 21.2. The number of esters is 3. The Morgan fingerprint density at radius 1 is 0.614 bits per heavy atom. The van der Waals surface area contributed by atoms with Gasteiger partial charge in [-0.15, -0.1) is 0 Å². The Balaban J connectivity index is 0.000000215. The minimum Gasteiger partial charge on any atom is -0.453 e. The molecule has 234 valence electrons. The Kier molecular flexibility index (Phi) is 12.0. The normalized spacial score (nSPS) is 27.5. The van der Waals surface area contributed by atoms with E-state index in [4.69, 9.17) is 23.7 Å². The highest BCUT2D eigenvalue weighted by Crippen LogP contribution is 2.32. The molecule has 0 amide bonds. The number of carbonyl (C=O) groups excluding carboxylic acids is 3. The highest BCUT2D eigenvalue weighted by molar-refractivity contribution is 9.09. The van der Waals surface area contributed by atoms with Crippen LogP contribution in [0, 0.1) is 0 Å². The van der Waals surface area contributed by atoms with E-state index in [-0.39, 0.29) is 0 Å². The first-order valence-electron chi connectivity index (χ1n) is 14.2. The van der Waals surface area contributed by atoms with Crippen molar-refractivity contribution in [1.29, 1.82) is 0 Å². The summed E-state index contributed by atoms with van der Waals surface area (Å²) in [7, 11) is 0. The molecule has 0 bridgehead atoms. The van der Waals surface area contributed by atoms with Crippen molar-refractivity contribution in [2.24, 2.45) is 0 Å². The highest BCUT2D eigenvalue weighted by Gasteiger charge is 2.49. The van der Waals surface area contributed by atoms with Crippen LogP contribution in [-0.2, 0) is 23.7 Å². The molecule has 0 spiro atoms. The van der Waals surface area contributed by atoms with E-state index in [0.717, 1.165) is 0 Å². The quantitative estimate of drug-likeness (QED) is 0.149. The van der Waals surface area contributed by atoms with Gasteiger partial charge in [0.15, 0.2) is 18.4 Å². The van der Waals surface area contributed by atoms with Gasteiger partial charge >= 0.3 is 17.9 Å². The molecule has 2 fully saturated rings. The molecule has 44 heavy (non-hydrogen) atoms. The van der Waals surface area contributed by atoms with Crippen LogP contribution < -0.4 is 0 Å². The summed E-state index contributed by atoms with van der Waals surface area (Å²) >= 11 is 3.08. The molecule has 2 saturated heterocycles. The van der Waals surface area contributed by atoms with Crippen LogP contribution in [-0.4, -0.2) is 66.0 Å². The smallest absolute Gasteiger partial charge is 0.340 e. The van der Waals surface area contributed by atoms with E-state index in [9.17, 15) is 23.2 Å². The Morgan fingerprint density at radius 2 is 0.977 bits per heavy atom. The molecule has 0 aliphatic carbocycles. The molecule has 3 aromatic carbocycles. The molecular weight excluding hydrogens is 642 g/mol. The lowest BCUT2D eigenvalue weighted by Gasteiger charge is -2.18. The summed E-state index contributed by atoms with van der Waals surface area (Å²) < 4.78 is 55.1. The minimum absolute atomic E-state index is 0.293. The second kappa shape index (κ2) is 15.9. The fraction of sp³-hybridized carbons (Fsp3) is 0.364. The van der Waals surface area contributed by atoms with E-state index >= 15 is 0 Å². The zero-order valence-electron chi connectivity index (χ0n) is 24.1. The van der Waals surface area contributed by atoms with Gasteiger partial charge in [0.25, 0.3) is 0 Å². The summed E-state index contributed by atoms with van der Waals surface area (Å²) in [5.74, 6) is -1.86. The molecule has 0 saturated carbocycles. The number of ether oxygens (including phenoxy) is 5. The summed E-state index contributed by atoms with van der Waals surface area (Å²) in [6, 6.07) is 25.1. The van der Waals surface area contributed by atoms with Crippen molar-refractivity contribution in [2.45, 2.75) is 74.8 Å². The third-order valence-corrected chi connectivity index (χ3v) is 7.75. The molecule has 5 rings (SSSR count). The maximum absolute atomic E-state index is 14.8. The van der Waals surface area contributed by atoms with Crippen molar-refractivity contribution in [1.82, 2.24) is 0 Å². The molecule has 0 radical (unpaired) electrons. The second-order valence-corrected chi connectivity index (χ2v) is 10.9. The number of alkyl halides is 3. The van der Waals surface area contributed by atoms with E-state index < -0.39 is 66.0 Å². The van der Waals surface area contributed by atoms with Gasteiger partial charge in [0.1, 0.15) is 11.1 Å². The molecule has 8 nitrogen and oxygen atoms in total. The van der Waals surface area contributed by atoms with Gasteiger partial charge in [-0.25, -0.2) is 23.2 Å². The first-order valence-corrected chi connectivity index (χ1v) is 15.2. The maximum atomic E-state index is 14.8. The van der Waals surface area contributed by atoms with Gasteiger partial charge in [-0.1, -0.05) is 84.4 Å². The standard InChI is InChI=1S/C20H19FO5.C13H14BrFO3/c1-2-15-17(25-18(22)13-9-5-3-6-10-13)16(21)20(24-15)26-19(23)14-11-7-4-8-12-14;1-2-9-11(10(15)12(14)17-9)18-13(16)8-6-4-3-5-7-8/h3-12,15-17,20H,2H2,1H3;3-7,9-12H,2H2,1H3/t15-,16?,17-,20+;9-,10?,11-,12-/m11/s1. The minimum atomic E-state index is -1.76. The fourth-order valence-corrected chi connectivity index (χ4v) is 5.25. The van der Waals surface area contributed by atoms with Crippen molar-refractivity contribution in [2.75, 3.05) is 0 Å². The average Bonchev–Trinajstić information content (AvgIpc) is 3.51. The lowest BCUT2D eigenvalue weighted by molar-refractivity contribution is -0.121. The van der Waals surface area contributed by atoms with E-state index in [1.165, 1.54) is 0 Å². The van der Waals surface area contributed by atoms with Crippen LogP contribution in [0.3, 0.4) is 0 Å². The molecule has 2 unspecified atom stereocenters. The maximum Gasteiger partial charge on any atom is 0.340 e. The molecule has 0 N–H and O–H groups in total. The molecular formula is C33H33BrF2O8. The van der Waals surface area contributed by atoms with Gasteiger partial charge in [-0.2, -0.15) is 0 Å². The number of carbonyl (C=O) groups is 3. The molecule has 2 aliphatic heterocycles. The van der Waals surface area contributed by atoms with Crippen molar-refractivity contribution in [3.8, 4) is 0 Å². The first kappa shape index (κ1) is 33.2. The van der Waals surface area contributed by atoms with Gasteiger partial charge < -0.3 is 23.7 Å². The van der Waals surface area contributed by atoms with Gasteiger partial charge in [0, 0.05) is 0 Å². The summed E-state index contributed by atoms with van der Waals surface area (Å²) in [6.45, 7) is 3.65. The predicted molar refractivity (Wildman–Crippen MR) is 160 cm³/mol. The van der Waals surface area contributed by atoms with E-state index in [2.05, 4.69) is 15.9 Å². The van der Waals surface area contributed by atoms with E-state index in [1.807, 2.05) is 6.92 Å². The highest BCUT2D eigenvalue weighted by atomic mass is 79.9. The molecule has 3 aromatic rings. The van der Waals surface area contributed by atoms with Crippen LogP contribution in [0.25, 0.3) is 0 Å². The number of rotatable bonds is 8. The number of hydrogen-bond donors (Lipinski definition) is 0. The van der Waals surface area contributed by atoms with Gasteiger partial charge in [0.2, 0.25) is 12.5 Å². The Hall–Kier alpha value is -3.67. The summed E-state index contributed by atoms with van der Waals surface area (Å²) in [5.41, 5.74) is 1.03. The van der Waals surface area contributed by atoms with Gasteiger partial charge in [-0.3, -0.25) is 0 Å². The summed E-state index contributed by atoms with van der Waals surface area (Å²) in [6.07, 6.45) is -6.61. The van der Waals surface area contributed by atoms with Gasteiger partial charge in [0.05, 0.1) is 22.8 Å². The molecule has 11 heteroatoms. The summed E-state index contributed by atoms with van der Waals surface area (Å²) in [4.78, 5) is 36.2. The van der Waals surface area contributed by atoms with Crippen molar-refractivity contribution >= 4 is 33.8 Å². The Labute approximate surface area is 262 Å². The SMILES string of the molecule is CC[C@H]1O[C@@H](Br)C(F)[C@@H]1OC(=O)c1ccccc1.CC[C@H]1O[C@@H](OC(=O)c2ccccc2)C(F)[C@@H]1OC(=O)c1ccccc1. The Morgan fingerprint density at radius 3 is 1.39 bits per heavy atom. The largest absolute Gasteiger partial charge is 0.453 e. The van der Waals surface area contributed by atoms with Crippen LogP contribution in [0.15, 0.2) is 91.0 Å². The number of halogens is 3. The second-order valence-electron chi connectivity index (χ2n) is 10.0. The van der Waals surface area contributed by atoms with Crippen LogP contribution in [0.4, 0.5) is 8.78 Å².